The first-order valence-electron chi connectivity index (χ1n) is 9.11. The Bertz CT molecular complexity index is 839. The maximum atomic E-state index is 12.5. The molecule has 3 aromatic rings. The number of carbonyl (C=O) groups is 1. The molecule has 4 nitrogen and oxygen atoms in total. The average Bonchev–Trinajstić information content (AvgIpc) is 3.33. The van der Waals surface area contributed by atoms with Gasteiger partial charge in [0.25, 0.3) is 0 Å². The number of amides is 1. The fourth-order valence-corrected chi connectivity index (χ4v) is 4.12. The fourth-order valence-electron chi connectivity index (χ4n) is 3.40. The molecule has 0 radical (unpaired) electrons. The summed E-state index contributed by atoms with van der Waals surface area (Å²) in [7, 11) is 1.68. The number of hydrogen-bond donors (Lipinski definition) is 2. The Morgan fingerprint density at radius 3 is 2.96 bits per heavy atom. The SMILES string of the molecule is CCc1cccc2c(C(CC(=O)NCCCOC)c3ccsc3)c[nH]c12. The second-order valence-corrected chi connectivity index (χ2v) is 7.23. The zero-order valence-electron chi connectivity index (χ0n) is 15.4. The molecule has 0 aliphatic carbocycles. The number of aromatic nitrogens is 1. The van der Waals surface area contributed by atoms with Crippen LogP contribution in [-0.2, 0) is 16.0 Å². The van der Waals surface area contributed by atoms with Crippen molar-refractivity contribution in [3.63, 3.8) is 0 Å². The number of hydrogen-bond acceptors (Lipinski definition) is 3. The van der Waals surface area contributed by atoms with Gasteiger partial charge in [-0.1, -0.05) is 25.1 Å². The number of H-pyrrole nitrogens is 1. The zero-order chi connectivity index (χ0) is 18.4. The van der Waals surface area contributed by atoms with E-state index in [0.717, 1.165) is 12.8 Å². The quantitative estimate of drug-likeness (QED) is 0.546. The van der Waals surface area contributed by atoms with Gasteiger partial charge in [-0.25, -0.2) is 0 Å². The Hall–Kier alpha value is -2.11. The van der Waals surface area contributed by atoms with Crippen LogP contribution in [0.3, 0.4) is 0 Å². The maximum Gasteiger partial charge on any atom is 0.220 e. The largest absolute Gasteiger partial charge is 0.385 e. The van der Waals surface area contributed by atoms with Crippen molar-refractivity contribution >= 4 is 28.1 Å². The molecule has 138 valence electrons. The molecule has 3 rings (SSSR count). The minimum absolute atomic E-state index is 0.0598. The maximum absolute atomic E-state index is 12.5. The van der Waals surface area contributed by atoms with Gasteiger partial charge in [0.1, 0.15) is 0 Å². The molecule has 0 fully saturated rings. The molecule has 0 saturated heterocycles. The molecule has 2 heterocycles. The van der Waals surface area contributed by atoms with E-state index in [1.807, 2.05) is 0 Å². The standard InChI is InChI=1S/C21H26N2O2S/c1-3-15-6-4-7-17-19(13-23-21(15)17)18(16-8-11-26-14-16)12-20(24)22-9-5-10-25-2/h4,6-8,11,13-14,18,23H,3,5,9-10,12H2,1-2H3,(H,22,24). The number of carbonyl (C=O) groups excluding carboxylic acids is 1. The van der Waals surface area contributed by atoms with Crippen LogP contribution in [0.5, 0.6) is 0 Å². The third kappa shape index (κ3) is 4.17. The van der Waals surface area contributed by atoms with Crippen LogP contribution in [0.25, 0.3) is 10.9 Å². The molecule has 1 atom stereocenters. The first-order valence-corrected chi connectivity index (χ1v) is 10.1. The topological polar surface area (TPSA) is 54.1 Å². The van der Waals surface area contributed by atoms with Crippen LogP contribution in [0.2, 0.25) is 0 Å². The van der Waals surface area contributed by atoms with Gasteiger partial charge in [0.2, 0.25) is 5.91 Å². The minimum atomic E-state index is 0.0598. The van der Waals surface area contributed by atoms with Crippen molar-refractivity contribution in [1.82, 2.24) is 10.3 Å². The van der Waals surface area contributed by atoms with Crippen molar-refractivity contribution in [3.8, 4) is 0 Å². The highest BCUT2D eigenvalue weighted by Gasteiger charge is 2.22. The van der Waals surface area contributed by atoms with Crippen molar-refractivity contribution in [2.45, 2.75) is 32.1 Å². The van der Waals surface area contributed by atoms with Crippen molar-refractivity contribution in [3.05, 3.63) is 57.9 Å². The summed E-state index contributed by atoms with van der Waals surface area (Å²) in [4.78, 5) is 15.9. The van der Waals surface area contributed by atoms with Gasteiger partial charge in [-0.15, -0.1) is 0 Å². The molecule has 2 N–H and O–H groups in total. The Labute approximate surface area is 158 Å². The Kier molecular flexibility index (Phi) is 6.47. The highest BCUT2D eigenvalue weighted by atomic mass is 32.1. The third-order valence-corrected chi connectivity index (χ3v) is 5.47. The van der Waals surface area contributed by atoms with Gasteiger partial charge >= 0.3 is 0 Å². The molecule has 0 saturated carbocycles. The summed E-state index contributed by atoms with van der Waals surface area (Å²) in [5.74, 6) is 0.142. The number of aromatic amines is 1. The number of thiophene rings is 1. The van der Waals surface area contributed by atoms with Crippen molar-refractivity contribution < 1.29 is 9.53 Å². The highest BCUT2D eigenvalue weighted by Crippen LogP contribution is 2.35. The smallest absolute Gasteiger partial charge is 0.220 e. The van der Waals surface area contributed by atoms with Gasteiger partial charge in [0.05, 0.1) is 0 Å². The summed E-state index contributed by atoms with van der Waals surface area (Å²) in [6, 6.07) is 8.53. The first-order chi connectivity index (χ1) is 12.7. The van der Waals surface area contributed by atoms with Crippen LogP contribution in [0, 0.1) is 0 Å². The average molecular weight is 371 g/mol. The van der Waals surface area contributed by atoms with Crippen LogP contribution in [0.4, 0.5) is 0 Å². The van der Waals surface area contributed by atoms with Crippen LogP contribution in [-0.4, -0.2) is 31.2 Å². The number of benzene rings is 1. The van der Waals surface area contributed by atoms with Gasteiger partial charge in [0, 0.05) is 49.7 Å². The van der Waals surface area contributed by atoms with E-state index in [9.17, 15) is 4.79 Å². The molecule has 1 amide bonds. The number of aryl methyl sites for hydroxylation is 1. The fraction of sp³-hybridized carbons (Fsp3) is 0.381. The molecule has 1 aromatic carbocycles. The molecule has 1 unspecified atom stereocenters. The van der Waals surface area contributed by atoms with E-state index in [-0.39, 0.29) is 11.8 Å². The predicted octanol–water partition coefficient (Wildman–Crippen LogP) is 4.47. The van der Waals surface area contributed by atoms with Gasteiger partial charge in [-0.05, 0) is 46.4 Å². The monoisotopic (exact) mass is 370 g/mol. The molecular formula is C21H26N2O2S. The van der Waals surface area contributed by atoms with Crippen LogP contribution in [0.15, 0.2) is 41.2 Å². The van der Waals surface area contributed by atoms with Gasteiger partial charge in [-0.3, -0.25) is 4.79 Å². The summed E-state index contributed by atoms with van der Waals surface area (Å²) in [5, 5.41) is 8.45. The number of nitrogens with one attached hydrogen (secondary N) is 2. The van der Waals surface area contributed by atoms with Gasteiger partial charge in [-0.2, -0.15) is 11.3 Å². The summed E-state index contributed by atoms with van der Waals surface area (Å²) in [6.07, 6.45) is 4.34. The minimum Gasteiger partial charge on any atom is -0.385 e. The number of rotatable bonds is 9. The summed E-state index contributed by atoms with van der Waals surface area (Å²) in [5.41, 5.74) is 4.89. The number of ether oxygens (including phenoxy) is 1. The molecule has 0 spiro atoms. The second-order valence-electron chi connectivity index (χ2n) is 6.45. The third-order valence-electron chi connectivity index (χ3n) is 4.77. The van der Waals surface area contributed by atoms with E-state index < -0.39 is 0 Å². The van der Waals surface area contributed by atoms with Crippen LogP contribution in [0.1, 0.15) is 42.4 Å². The van der Waals surface area contributed by atoms with Crippen LogP contribution < -0.4 is 5.32 Å². The molecule has 2 aromatic heterocycles. The number of fused-ring (bicyclic) bond motifs is 1. The van der Waals surface area contributed by atoms with E-state index in [1.54, 1.807) is 18.4 Å². The molecule has 5 heteroatoms. The van der Waals surface area contributed by atoms with Gasteiger partial charge in [0.15, 0.2) is 0 Å². The Morgan fingerprint density at radius 1 is 1.35 bits per heavy atom. The lowest BCUT2D eigenvalue weighted by atomic mass is 9.89. The first kappa shape index (κ1) is 18.7. The molecular weight excluding hydrogens is 344 g/mol. The van der Waals surface area contributed by atoms with Gasteiger partial charge < -0.3 is 15.0 Å². The van der Waals surface area contributed by atoms with E-state index in [0.29, 0.717) is 19.6 Å². The molecule has 0 aliphatic rings. The normalized spacial score (nSPS) is 12.4. The Morgan fingerprint density at radius 2 is 2.23 bits per heavy atom. The number of para-hydroxylation sites is 1. The lowest BCUT2D eigenvalue weighted by molar-refractivity contribution is -0.121. The lowest BCUT2D eigenvalue weighted by Gasteiger charge is -2.16. The Balaban J connectivity index is 1.85. The molecule has 0 aliphatic heterocycles. The van der Waals surface area contributed by atoms with Crippen molar-refractivity contribution in [2.75, 3.05) is 20.3 Å². The summed E-state index contributed by atoms with van der Waals surface area (Å²) >= 11 is 1.67. The zero-order valence-corrected chi connectivity index (χ0v) is 16.2. The van der Waals surface area contributed by atoms with E-state index in [4.69, 9.17) is 4.74 Å². The molecule has 0 bridgehead atoms. The summed E-state index contributed by atoms with van der Waals surface area (Å²) in [6.45, 7) is 3.48. The second kappa shape index (κ2) is 9.01. The van der Waals surface area contributed by atoms with E-state index in [2.05, 4.69) is 58.4 Å². The molecule has 26 heavy (non-hydrogen) atoms. The summed E-state index contributed by atoms with van der Waals surface area (Å²) < 4.78 is 5.04. The van der Waals surface area contributed by atoms with E-state index >= 15 is 0 Å². The highest BCUT2D eigenvalue weighted by molar-refractivity contribution is 7.08. The van der Waals surface area contributed by atoms with E-state index in [1.165, 1.54) is 27.6 Å². The lowest BCUT2D eigenvalue weighted by Crippen LogP contribution is -2.26. The van der Waals surface area contributed by atoms with Crippen molar-refractivity contribution in [2.24, 2.45) is 0 Å². The van der Waals surface area contributed by atoms with Crippen LogP contribution >= 0.6 is 11.3 Å². The predicted molar refractivity (Wildman–Crippen MR) is 108 cm³/mol. The number of methoxy groups -OCH3 is 1. The van der Waals surface area contributed by atoms with Crippen molar-refractivity contribution in [1.29, 1.82) is 0 Å².